The number of carbonyl (C=O) groups is 1. The van der Waals surface area contributed by atoms with Crippen molar-refractivity contribution in [3.8, 4) is 17.0 Å². The number of aromatic nitrogens is 2. The zero-order valence-electron chi connectivity index (χ0n) is 16.1. The summed E-state index contributed by atoms with van der Waals surface area (Å²) < 4.78 is 5.42. The quantitative estimate of drug-likeness (QED) is 0.353. The highest BCUT2D eigenvalue weighted by Gasteiger charge is 2.20. The van der Waals surface area contributed by atoms with E-state index in [2.05, 4.69) is 4.98 Å². The van der Waals surface area contributed by atoms with Gasteiger partial charge in [-0.2, -0.15) is 0 Å². The number of nitrogens with one attached hydrogen (secondary N) is 1. The Labute approximate surface area is 178 Å². The molecular weight excluding hydrogens is 396 g/mol. The highest BCUT2D eigenvalue weighted by Crippen LogP contribution is 2.36. The molecule has 0 unspecified atom stereocenters. The van der Waals surface area contributed by atoms with Gasteiger partial charge in [-0.1, -0.05) is 54.1 Å². The van der Waals surface area contributed by atoms with Crippen LogP contribution in [-0.2, 0) is 0 Å². The van der Waals surface area contributed by atoms with Crippen LogP contribution in [0.3, 0.4) is 0 Å². The van der Waals surface area contributed by atoms with Gasteiger partial charge in [-0.05, 0) is 30.3 Å². The van der Waals surface area contributed by atoms with E-state index in [1.807, 2.05) is 72.8 Å². The zero-order valence-corrected chi connectivity index (χ0v) is 16.9. The van der Waals surface area contributed by atoms with Crippen molar-refractivity contribution in [2.45, 2.75) is 0 Å². The average molecular weight is 413 g/mol. The number of ether oxygens (including phenoxy) is 1. The van der Waals surface area contributed by atoms with Crippen molar-refractivity contribution in [3.05, 3.63) is 95.1 Å². The second-order valence-electron chi connectivity index (χ2n) is 7.00. The van der Waals surface area contributed by atoms with Crippen molar-refractivity contribution < 1.29 is 9.53 Å². The maximum Gasteiger partial charge on any atom is 0.195 e. The lowest BCUT2D eigenvalue weighted by molar-refractivity contribution is 0.104. The smallest absolute Gasteiger partial charge is 0.195 e. The predicted octanol–water partition coefficient (Wildman–Crippen LogP) is 6.28. The highest BCUT2D eigenvalue weighted by atomic mass is 35.5. The van der Waals surface area contributed by atoms with Crippen LogP contribution in [0.1, 0.15) is 15.9 Å². The maximum absolute atomic E-state index is 13.3. The first-order valence-corrected chi connectivity index (χ1v) is 9.88. The number of nitrogens with zero attached hydrogens (tertiary/aromatic N) is 1. The molecule has 0 amide bonds. The summed E-state index contributed by atoms with van der Waals surface area (Å²) in [5.74, 6) is 0.670. The van der Waals surface area contributed by atoms with E-state index in [0.29, 0.717) is 21.9 Å². The fraction of sp³-hybridized carbons (Fsp3) is 0.0400. The van der Waals surface area contributed by atoms with Gasteiger partial charge < -0.3 is 9.72 Å². The summed E-state index contributed by atoms with van der Waals surface area (Å²) in [6.45, 7) is 0. The molecule has 146 valence electrons. The number of fused-ring (bicyclic) bond motifs is 3. The van der Waals surface area contributed by atoms with Crippen molar-refractivity contribution in [2.75, 3.05) is 7.11 Å². The first-order chi connectivity index (χ1) is 14.7. The molecule has 5 rings (SSSR count). The van der Waals surface area contributed by atoms with E-state index in [1.165, 1.54) is 0 Å². The summed E-state index contributed by atoms with van der Waals surface area (Å²) in [5, 5.41) is 2.35. The molecule has 0 radical (unpaired) electrons. The molecule has 0 aliphatic heterocycles. The number of hydrogen-bond donors (Lipinski definition) is 1. The number of hydrogen-bond acceptors (Lipinski definition) is 3. The molecule has 0 aliphatic rings. The largest absolute Gasteiger partial charge is 0.497 e. The summed E-state index contributed by atoms with van der Waals surface area (Å²) >= 11 is 6.07. The molecule has 0 aliphatic carbocycles. The number of halogens is 1. The summed E-state index contributed by atoms with van der Waals surface area (Å²) in [5.41, 5.74) is 4.52. The van der Waals surface area contributed by atoms with Gasteiger partial charge in [0.05, 0.1) is 23.8 Å². The third kappa shape index (κ3) is 3.02. The van der Waals surface area contributed by atoms with Gasteiger partial charge in [0.1, 0.15) is 5.75 Å². The molecule has 3 aromatic carbocycles. The van der Waals surface area contributed by atoms with Gasteiger partial charge in [0, 0.05) is 38.7 Å². The Kier molecular flexibility index (Phi) is 4.49. The lowest BCUT2D eigenvalue weighted by Gasteiger charge is -2.10. The first kappa shape index (κ1) is 18.4. The molecular formula is C25H17ClN2O2. The molecule has 1 N–H and O–H groups in total. The maximum atomic E-state index is 13.3. The summed E-state index contributed by atoms with van der Waals surface area (Å²) in [6.07, 6.45) is 1.76. The number of rotatable bonds is 4. The lowest BCUT2D eigenvalue weighted by atomic mass is 9.98. The van der Waals surface area contributed by atoms with E-state index in [4.69, 9.17) is 21.3 Å². The number of methoxy groups -OCH3 is 1. The van der Waals surface area contributed by atoms with Crippen LogP contribution in [0.25, 0.3) is 33.1 Å². The van der Waals surface area contributed by atoms with E-state index < -0.39 is 0 Å². The molecule has 0 bridgehead atoms. The van der Waals surface area contributed by atoms with E-state index >= 15 is 0 Å². The van der Waals surface area contributed by atoms with Gasteiger partial charge in [0.15, 0.2) is 5.78 Å². The average Bonchev–Trinajstić information content (AvgIpc) is 3.24. The minimum absolute atomic E-state index is 0.0424. The second-order valence-corrected chi connectivity index (χ2v) is 7.43. The van der Waals surface area contributed by atoms with Gasteiger partial charge in [-0.25, -0.2) is 4.98 Å². The van der Waals surface area contributed by atoms with Gasteiger partial charge >= 0.3 is 0 Å². The fourth-order valence-electron chi connectivity index (χ4n) is 3.75. The topological polar surface area (TPSA) is 55.0 Å². The molecule has 2 aromatic heterocycles. The van der Waals surface area contributed by atoms with Gasteiger partial charge in [-0.15, -0.1) is 0 Å². The Morgan fingerprint density at radius 2 is 1.77 bits per heavy atom. The van der Waals surface area contributed by atoms with Crippen LogP contribution in [0.4, 0.5) is 0 Å². The van der Waals surface area contributed by atoms with E-state index in [9.17, 15) is 4.79 Å². The molecule has 5 aromatic rings. The predicted molar refractivity (Wildman–Crippen MR) is 120 cm³/mol. The Balaban J connectivity index is 1.84. The molecule has 5 heteroatoms. The van der Waals surface area contributed by atoms with Gasteiger partial charge in [0.25, 0.3) is 0 Å². The number of benzene rings is 3. The van der Waals surface area contributed by atoms with Crippen LogP contribution in [0.5, 0.6) is 5.75 Å². The normalized spacial score (nSPS) is 11.1. The van der Waals surface area contributed by atoms with Crippen molar-refractivity contribution in [1.82, 2.24) is 9.97 Å². The van der Waals surface area contributed by atoms with Crippen LogP contribution in [-0.4, -0.2) is 22.9 Å². The Bertz CT molecular complexity index is 1390. The summed E-state index contributed by atoms with van der Waals surface area (Å²) in [4.78, 5) is 21.5. The summed E-state index contributed by atoms with van der Waals surface area (Å²) in [6, 6.07) is 22.5. The molecule has 30 heavy (non-hydrogen) atoms. The molecule has 0 saturated carbocycles. The van der Waals surface area contributed by atoms with Crippen molar-refractivity contribution >= 4 is 39.2 Å². The Hall–Kier alpha value is -3.63. The Morgan fingerprint density at radius 3 is 2.50 bits per heavy atom. The van der Waals surface area contributed by atoms with E-state index in [-0.39, 0.29) is 5.78 Å². The zero-order chi connectivity index (χ0) is 20.7. The SMILES string of the molecule is COc1ccc2nc(-c3ccc(Cl)cc3)c3[nH]cc(C(=O)c4ccccc4)c3c2c1. The number of pyridine rings is 1. The summed E-state index contributed by atoms with van der Waals surface area (Å²) in [7, 11) is 1.63. The minimum Gasteiger partial charge on any atom is -0.497 e. The highest BCUT2D eigenvalue weighted by molar-refractivity contribution is 6.30. The van der Waals surface area contributed by atoms with Crippen molar-refractivity contribution in [3.63, 3.8) is 0 Å². The van der Waals surface area contributed by atoms with Gasteiger partial charge in [0.2, 0.25) is 0 Å². The number of carbonyl (C=O) groups excluding carboxylic acids is 1. The number of ketones is 1. The standard InChI is InChI=1S/C25H17ClN2O2/c1-30-18-11-12-21-19(13-18)22-20(25(29)16-5-3-2-4-6-16)14-27-24(22)23(28-21)15-7-9-17(26)10-8-15/h2-14,27H,1H3. The number of aromatic amines is 1. The van der Waals surface area contributed by atoms with Crippen molar-refractivity contribution in [2.24, 2.45) is 0 Å². The molecule has 2 heterocycles. The Morgan fingerprint density at radius 1 is 1.00 bits per heavy atom. The molecule has 0 atom stereocenters. The van der Waals surface area contributed by atoms with Crippen molar-refractivity contribution in [1.29, 1.82) is 0 Å². The molecule has 4 nitrogen and oxygen atoms in total. The number of H-pyrrole nitrogens is 1. The first-order valence-electron chi connectivity index (χ1n) is 9.50. The minimum atomic E-state index is -0.0424. The second kappa shape index (κ2) is 7.32. The van der Waals surface area contributed by atoms with E-state index in [1.54, 1.807) is 13.3 Å². The van der Waals surface area contributed by atoms with Gasteiger partial charge in [-0.3, -0.25) is 4.79 Å². The van der Waals surface area contributed by atoms with Crippen LogP contribution >= 0.6 is 11.6 Å². The third-order valence-electron chi connectivity index (χ3n) is 5.22. The van der Waals surface area contributed by atoms with Crippen LogP contribution in [0, 0.1) is 0 Å². The van der Waals surface area contributed by atoms with Crippen LogP contribution in [0.2, 0.25) is 5.02 Å². The lowest BCUT2D eigenvalue weighted by Crippen LogP contribution is -2.00. The van der Waals surface area contributed by atoms with E-state index in [0.717, 1.165) is 33.1 Å². The molecule has 0 spiro atoms. The molecule has 0 saturated heterocycles. The fourth-order valence-corrected chi connectivity index (χ4v) is 3.87. The third-order valence-corrected chi connectivity index (χ3v) is 5.47. The van der Waals surface area contributed by atoms with Crippen LogP contribution in [0.15, 0.2) is 79.0 Å². The molecule has 0 fully saturated rings. The monoisotopic (exact) mass is 412 g/mol. The van der Waals surface area contributed by atoms with Crippen LogP contribution < -0.4 is 4.74 Å².